The summed E-state index contributed by atoms with van der Waals surface area (Å²) in [5, 5.41) is 5.87. The molecular formula is C13H10FN3OS2. The smallest absolute Gasteiger partial charge is 0.268 e. The average Bonchev–Trinajstić information content (AvgIpc) is 3.08. The molecule has 3 rings (SSSR count). The van der Waals surface area contributed by atoms with Crippen LogP contribution in [-0.2, 0) is 5.75 Å². The quantitative estimate of drug-likeness (QED) is 0.586. The molecule has 2 N–H and O–H groups in total. The molecule has 0 spiro atoms. The van der Waals surface area contributed by atoms with Gasteiger partial charge in [0, 0.05) is 10.6 Å². The van der Waals surface area contributed by atoms with E-state index in [1.54, 1.807) is 17.4 Å². The Bertz CT molecular complexity index is 712. The van der Waals surface area contributed by atoms with Crippen molar-refractivity contribution >= 4 is 28.8 Å². The topological polar surface area (TPSA) is 64.9 Å². The van der Waals surface area contributed by atoms with Gasteiger partial charge in [0.1, 0.15) is 5.82 Å². The predicted octanol–water partition coefficient (Wildman–Crippen LogP) is 3.81. The molecule has 0 aliphatic carbocycles. The lowest BCUT2D eigenvalue weighted by atomic mass is 10.3. The number of aromatic nitrogens is 2. The monoisotopic (exact) mass is 307 g/mol. The maximum Gasteiger partial charge on any atom is 0.268 e. The fourth-order valence-electron chi connectivity index (χ4n) is 1.61. The van der Waals surface area contributed by atoms with E-state index in [-0.39, 0.29) is 5.82 Å². The van der Waals surface area contributed by atoms with Crippen LogP contribution in [0.1, 0.15) is 5.82 Å². The summed E-state index contributed by atoms with van der Waals surface area (Å²) < 4.78 is 18.1. The first-order valence-corrected chi connectivity index (χ1v) is 7.63. The summed E-state index contributed by atoms with van der Waals surface area (Å²) in [5.41, 5.74) is 6.16. The lowest BCUT2D eigenvalue weighted by Crippen LogP contribution is -1.91. The van der Waals surface area contributed by atoms with Gasteiger partial charge in [0.2, 0.25) is 0 Å². The van der Waals surface area contributed by atoms with Gasteiger partial charge in [0.05, 0.1) is 10.6 Å². The number of nitrogens with zero attached hydrogens (tertiary/aromatic N) is 2. The van der Waals surface area contributed by atoms with E-state index < -0.39 is 0 Å². The van der Waals surface area contributed by atoms with Crippen molar-refractivity contribution in [3.8, 4) is 10.8 Å². The Kier molecular flexibility index (Phi) is 3.70. The number of halogens is 1. The van der Waals surface area contributed by atoms with Crippen molar-refractivity contribution in [2.75, 3.05) is 5.73 Å². The van der Waals surface area contributed by atoms with Crippen LogP contribution in [0, 0.1) is 5.82 Å². The Morgan fingerprint density at radius 3 is 3.00 bits per heavy atom. The minimum atomic E-state index is -0.341. The number of anilines is 1. The van der Waals surface area contributed by atoms with Crippen molar-refractivity contribution in [1.29, 1.82) is 0 Å². The average molecular weight is 307 g/mol. The summed E-state index contributed by atoms with van der Waals surface area (Å²) in [6.07, 6.45) is 0. The summed E-state index contributed by atoms with van der Waals surface area (Å²) in [6, 6.07) is 8.18. The number of nitrogen functional groups attached to an aromatic ring is 1. The third kappa shape index (κ3) is 2.83. The summed E-state index contributed by atoms with van der Waals surface area (Å²) >= 11 is 2.99. The van der Waals surface area contributed by atoms with E-state index in [1.165, 1.54) is 23.9 Å². The minimum absolute atomic E-state index is 0.341. The molecule has 3 aromatic rings. The zero-order chi connectivity index (χ0) is 13.9. The molecule has 0 atom stereocenters. The van der Waals surface area contributed by atoms with Crippen LogP contribution in [0.15, 0.2) is 45.1 Å². The molecule has 2 aromatic heterocycles. The Morgan fingerprint density at radius 1 is 1.35 bits per heavy atom. The van der Waals surface area contributed by atoms with Crippen molar-refractivity contribution in [3.05, 3.63) is 47.4 Å². The second-order valence-electron chi connectivity index (χ2n) is 3.96. The molecule has 0 aliphatic heterocycles. The van der Waals surface area contributed by atoms with Gasteiger partial charge < -0.3 is 10.3 Å². The van der Waals surface area contributed by atoms with E-state index in [2.05, 4.69) is 10.1 Å². The lowest BCUT2D eigenvalue weighted by Gasteiger charge is -2.02. The van der Waals surface area contributed by atoms with Gasteiger partial charge in [-0.15, -0.1) is 23.1 Å². The van der Waals surface area contributed by atoms with E-state index in [0.29, 0.717) is 23.2 Å². The van der Waals surface area contributed by atoms with Crippen molar-refractivity contribution in [2.24, 2.45) is 0 Å². The first kappa shape index (κ1) is 13.1. The maximum atomic E-state index is 12.9. The number of rotatable bonds is 4. The van der Waals surface area contributed by atoms with Gasteiger partial charge in [-0.1, -0.05) is 11.2 Å². The number of nitrogens with two attached hydrogens (primary N) is 1. The Morgan fingerprint density at radius 2 is 2.25 bits per heavy atom. The SMILES string of the molecule is Nc1cc(F)ccc1SCc1noc(-c2cccs2)n1. The fourth-order valence-corrected chi connectivity index (χ4v) is 3.04. The van der Waals surface area contributed by atoms with E-state index in [9.17, 15) is 4.39 Å². The molecule has 0 bridgehead atoms. The zero-order valence-electron chi connectivity index (χ0n) is 10.2. The van der Waals surface area contributed by atoms with Crippen LogP contribution in [0.3, 0.4) is 0 Å². The predicted molar refractivity (Wildman–Crippen MR) is 78.0 cm³/mol. The van der Waals surface area contributed by atoms with Gasteiger partial charge in [-0.3, -0.25) is 0 Å². The van der Waals surface area contributed by atoms with Crippen LogP contribution < -0.4 is 5.73 Å². The van der Waals surface area contributed by atoms with Gasteiger partial charge in [-0.05, 0) is 29.6 Å². The molecule has 1 aromatic carbocycles. The summed E-state index contributed by atoms with van der Waals surface area (Å²) in [4.78, 5) is 6.05. The van der Waals surface area contributed by atoms with Crippen molar-refractivity contribution in [3.63, 3.8) is 0 Å². The molecule has 0 saturated heterocycles. The highest BCUT2D eigenvalue weighted by atomic mass is 32.2. The molecule has 0 radical (unpaired) electrons. The van der Waals surface area contributed by atoms with Crippen molar-refractivity contribution in [2.45, 2.75) is 10.6 Å². The molecule has 102 valence electrons. The molecule has 20 heavy (non-hydrogen) atoms. The van der Waals surface area contributed by atoms with Crippen LogP contribution in [0.5, 0.6) is 0 Å². The standard InChI is InChI=1S/C13H10FN3OS2/c14-8-3-4-10(9(15)6-8)20-7-12-16-13(18-17-12)11-2-1-5-19-11/h1-6H,7,15H2. The fraction of sp³-hybridized carbons (Fsp3) is 0.0769. The first-order chi connectivity index (χ1) is 9.72. The van der Waals surface area contributed by atoms with E-state index >= 15 is 0 Å². The molecule has 0 saturated carbocycles. The number of hydrogen-bond acceptors (Lipinski definition) is 6. The van der Waals surface area contributed by atoms with Gasteiger partial charge in [-0.2, -0.15) is 4.98 Å². The van der Waals surface area contributed by atoms with Crippen LogP contribution >= 0.6 is 23.1 Å². The molecule has 0 amide bonds. The highest BCUT2D eigenvalue weighted by molar-refractivity contribution is 7.98. The molecule has 7 heteroatoms. The van der Waals surface area contributed by atoms with Gasteiger partial charge >= 0.3 is 0 Å². The highest BCUT2D eigenvalue weighted by Gasteiger charge is 2.10. The van der Waals surface area contributed by atoms with E-state index in [1.807, 2.05) is 17.5 Å². The third-order valence-electron chi connectivity index (χ3n) is 2.53. The summed E-state index contributed by atoms with van der Waals surface area (Å²) in [6.45, 7) is 0. The third-order valence-corrected chi connectivity index (χ3v) is 4.47. The second kappa shape index (κ2) is 5.64. The maximum absolute atomic E-state index is 12.9. The Balaban J connectivity index is 1.70. The molecule has 0 unspecified atom stereocenters. The largest absolute Gasteiger partial charge is 0.398 e. The second-order valence-corrected chi connectivity index (χ2v) is 5.93. The van der Waals surface area contributed by atoms with Crippen LogP contribution in [0.4, 0.5) is 10.1 Å². The highest BCUT2D eigenvalue weighted by Crippen LogP contribution is 2.29. The number of thiophene rings is 1. The first-order valence-electron chi connectivity index (χ1n) is 5.76. The number of thioether (sulfide) groups is 1. The lowest BCUT2D eigenvalue weighted by molar-refractivity contribution is 0.426. The zero-order valence-corrected chi connectivity index (χ0v) is 11.9. The van der Waals surface area contributed by atoms with Crippen LogP contribution in [-0.4, -0.2) is 10.1 Å². The van der Waals surface area contributed by atoms with Crippen molar-refractivity contribution in [1.82, 2.24) is 10.1 Å². The number of benzene rings is 1. The van der Waals surface area contributed by atoms with E-state index in [4.69, 9.17) is 10.3 Å². The van der Waals surface area contributed by atoms with Crippen molar-refractivity contribution < 1.29 is 8.91 Å². The molecule has 4 nitrogen and oxygen atoms in total. The summed E-state index contributed by atoms with van der Waals surface area (Å²) in [7, 11) is 0. The molecule has 2 heterocycles. The van der Waals surface area contributed by atoms with E-state index in [0.717, 1.165) is 9.77 Å². The minimum Gasteiger partial charge on any atom is -0.398 e. The molecule has 0 aliphatic rings. The summed E-state index contributed by atoms with van der Waals surface area (Å²) in [5.74, 6) is 1.28. The Labute approximate surface area is 122 Å². The van der Waals surface area contributed by atoms with Crippen LogP contribution in [0.2, 0.25) is 0 Å². The number of hydrogen-bond donors (Lipinski definition) is 1. The normalized spacial score (nSPS) is 10.8. The molecule has 0 fully saturated rings. The van der Waals surface area contributed by atoms with Gasteiger partial charge in [0.25, 0.3) is 5.89 Å². The Hall–Kier alpha value is -1.86. The van der Waals surface area contributed by atoms with Crippen LogP contribution in [0.25, 0.3) is 10.8 Å². The molecular weight excluding hydrogens is 297 g/mol. The van der Waals surface area contributed by atoms with Gasteiger partial charge in [0.15, 0.2) is 5.82 Å². The van der Waals surface area contributed by atoms with Gasteiger partial charge in [-0.25, -0.2) is 4.39 Å².